The number of hydrogen-bond acceptors (Lipinski definition) is 9. The molecule has 40 heavy (non-hydrogen) atoms. The monoisotopic (exact) mass is 595 g/mol. The highest BCUT2D eigenvalue weighted by Gasteiger charge is 2.25. The Labute approximate surface area is 231 Å². The second-order valence-corrected chi connectivity index (χ2v) is 10.1. The van der Waals surface area contributed by atoms with Gasteiger partial charge < -0.3 is 15.6 Å². The number of anilines is 1. The fourth-order valence-corrected chi connectivity index (χ4v) is 4.05. The number of aromatic nitrogens is 3. The molecular weight excluding hydrogens is 576 g/mol. The van der Waals surface area contributed by atoms with Gasteiger partial charge in [0.05, 0.1) is 22.8 Å². The third-order valence-corrected chi connectivity index (χ3v) is 6.00. The molecule has 0 radical (unpaired) electrons. The van der Waals surface area contributed by atoms with Crippen LogP contribution in [0, 0.1) is 11.6 Å². The van der Waals surface area contributed by atoms with Gasteiger partial charge in [-0.3, -0.25) is 19.4 Å². The molecule has 0 unspecified atom stereocenters. The summed E-state index contributed by atoms with van der Waals surface area (Å²) in [6.45, 7) is -0.506. The van der Waals surface area contributed by atoms with Crippen LogP contribution >= 0.6 is 12.4 Å². The maximum atomic E-state index is 15.0. The van der Waals surface area contributed by atoms with E-state index in [1.54, 1.807) is 16.9 Å². The quantitative estimate of drug-likeness (QED) is 0.165. The van der Waals surface area contributed by atoms with Crippen molar-refractivity contribution in [3.05, 3.63) is 77.1 Å². The van der Waals surface area contributed by atoms with Crippen LogP contribution in [0.5, 0.6) is 0 Å². The number of pyridine rings is 1. The SMILES string of the molecule is CS(=O)(=O)Nc1c(F)ccc(C(=O)c2[nH]nc3ncc(-c4ccc(C(=O)OC[C@H](N)C(=O)O)cc4)cc23)c1F.Cl. The number of sulfonamides is 1. The normalized spacial score (nSPS) is 11.9. The zero-order valence-corrected chi connectivity index (χ0v) is 22.0. The van der Waals surface area contributed by atoms with E-state index in [1.165, 1.54) is 24.4 Å². The predicted octanol–water partition coefficient (Wildman–Crippen LogP) is 2.50. The minimum atomic E-state index is -4.04. The number of carboxylic acid groups (broad SMARTS) is 1. The molecule has 0 aliphatic rings. The Morgan fingerprint density at radius 3 is 2.42 bits per heavy atom. The molecular formula is C24H20ClF2N5O7S. The van der Waals surface area contributed by atoms with E-state index in [-0.39, 0.29) is 34.7 Å². The number of aromatic amines is 1. The minimum absolute atomic E-state index is 0. The summed E-state index contributed by atoms with van der Waals surface area (Å²) in [6.07, 6.45) is 2.16. The lowest BCUT2D eigenvalue weighted by Gasteiger charge is -2.10. The number of nitrogens with zero attached hydrogens (tertiary/aromatic N) is 2. The van der Waals surface area contributed by atoms with Gasteiger partial charge in [0.1, 0.15) is 29.8 Å². The van der Waals surface area contributed by atoms with Crippen molar-refractivity contribution in [2.75, 3.05) is 17.6 Å². The molecule has 16 heteroatoms. The molecule has 0 aliphatic carbocycles. The first-order valence-corrected chi connectivity index (χ1v) is 12.9. The van der Waals surface area contributed by atoms with Crippen LogP contribution in [0.15, 0.2) is 48.7 Å². The van der Waals surface area contributed by atoms with E-state index >= 15 is 0 Å². The number of rotatable bonds is 9. The van der Waals surface area contributed by atoms with Crippen LogP contribution in [0.1, 0.15) is 26.4 Å². The van der Waals surface area contributed by atoms with Crippen molar-refractivity contribution in [3.8, 4) is 11.1 Å². The van der Waals surface area contributed by atoms with Crippen LogP contribution in [-0.2, 0) is 19.6 Å². The number of carbonyl (C=O) groups excluding carboxylic acids is 2. The van der Waals surface area contributed by atoms with Gasteiger partial charge in [0.2, 0.25) is 15.8 Å². The van der Waals surface area contributed by atoms with Gasteiger partial charge in [-0.25, -0.2) is 27.0 Å². The first-order chi connectivity index (χ1) is 18.4. The minimum Gasteiger partial charge on any atom is -0.480 e. The van der Waals surface area contributed by atoms with Crippen molar-refractivity contribution in [3.63, 3.8) is 0 Å². The number of benzene rings is 2. The maximum absolute atomic E-state index is 15.0. The average molecular weight is 596 g/mol. The van der Waals surface area contributed by atoms with Crippen LogP contribution in [-0.4, -0.2) is 65.3 Å². The van der Waals surface area contributed by atoms with Gasteiger partial charge in [0.15, 0.2) is 11.5 Å². The maximum Gasteiger partial charge on any atom is 0.338 e. The van der Waals surface area contributed by atoms with Crippen LogP contribution in [0.2, 0.25) is 0 Å². The van der Waals surface area contributed by atoms with E-state index in [4.69, 9.17) is 15.6 Å². The summed E-state index contributed by atoms with van der Waals surface area (Å²) < 4.78 is 58.7. The second kappa shape index (κ2) is 11.7. The zero-order chi connectivity index (χ0) is 28.5. The Bertz CT molecular complexity index is 1730. The average Bonchev–Trinajstić information content (AvgIpc) is 3.32. The highest BCUT2D eigenvalue weighted by molar-refractivity contribution is 7.92. The van der Waals surface area contributed by atoms with Crippen LogP contribution in [0.4, 0.5) is 14.5 Å². The molecule has 210 valence electrons. The van der Waals surface area contributed by atoms with Gasteiger partial charge in [0.25, 0.3) is 0 Å². The lowest BCUT2D eigenvalue weighted by Crippen LogP contribution is -2.35. The lowest BCUT2D eigenvalue weighted by atomic mass is 10.0. The largest absolute Gasteiger partial charge is 0.480 e. The molecule has 5 N–H and O–H groups in total. The van der Waals surface area contributed by atoms with Gasteiger partial charge in [0, 0.05) is 11.8 Å². The topological polar surface area (TPSA) is 194 Å². The molecule has 0 bridgehead atoms. The molecule has 0 fully saturated rings. The fraction of sp³-hybridized carbons (Fsp3) is 0.125. The summed E-state index contributed by atoms with van der Waals surface area (Å²) in [7, 11) is -4.04. The second-order valence-electron chi connectivity index (χ2n) is 8.30. The Hall–Kier alpha value is -4.47. The molecule has 0 saturated heterocycles. The highest BCUT2D eigenvalue weighted by Crippen LogP contribution is 2.28. The number of ether oxygens (including phenoxy) is 1. The first kappa shape index (κ1) is 30.1. The number of nitrogens with two attached hydrogens (primary N) is 1. The third kappa shape index (κ3) is 6.39. The smallest absolute Gasteiger partial charge is 0.338 e. The third-order valence-electron chi connectivity index (χ3n) is 5.42. The molecule has 12 nitrogen and oxygen atoms in total. The van der Waals surface area contributed by atoms with Crippen LogP contribution < -0.4 is 10.5 Å². The van der Waals surface area contributed by atoms with Crippen LogP contribution in [0.3, 0.4) is 0 Å². The van der Waals surface area contributed by atoms with E-state index < -0.39 is 63.3 Å². The van der Waals surface area contributed by atoms with Gasteiger partial charge in [-0.15, -0.1) is 12.4 Å². The molecule has 0 aliphatic heterocycles. The number of carbonyl (C=O) groups is 3. The van der Waals surface area contributed by atoms with Crippen molar-refractivity contribution in [1.29, 1.82) is 0 Å². The van der Waals surface area contributed by atoms with Crippen LogP contribution in [0.25, 0.3) is 22.2 Å². The number of fused-ring (bicyclic) bond motifs is 1. The Morgan fingerprint density at radius 1 is 1.12 bits per heavy atom. The van der Waals surface area contributed by atoms with Gasteiger partial charge in [-0.1, -0.05) is 12.1 Å². The van der Waals surface area contributed by atoms with Crippen molar-refractivity contribution in [1.82, 2.24) is 15.2 Å². The summed E-state index contributed by atoms with van der Waals surface area (Å²) >= 11 is 0. The van der Waals surface area contributed by atoms with Gasteiger partial charge in [-0.2, -0.15) is 5.10 Å². The Balaban J connectivity index is 0.00000441. The molecule has 2 heterocycles. The molecule has 0 saturated carbocycles. The van der Waals surface area contributed by atoms with Crippen molar-refractivity contribution >= 4 is 56.9 Å². The number of nitrogens with one attached hydrogen (secondary N) is 2. The zero-order valence-electron chi connectivity index (χ0n) is 20.3. The molecule has 1 atom stereocenters. The fourth-order valence-electron chi connectivity index (χ4n) is 3.49. The van der Waals surface area contributed by atoms with E-state index in [0.717, 1.165) is 12.1 Å². The standard InChI is InChI=1S/C24H19F2N5O7S.ClH/c1-39(36,37)31-20-16(25)7-6-14(18(20)26)21(32)19-15-8-13(9-28-22(15)30-29-19)11-2-4-12(5-3-11)24(35)38-10-17(27)23(33)34;/h2-9,17,31H,10,27H2,1H3,(H,33,34)(H,28,29,30);1H/t17-;/m0./s1. The van der Waals surface area contributed by atoms with E-state index in [2.05, 4.69) is 15.2 Å². The molecule has 0 amide bonds. The number of halogens is 3. The molecule has 2 aromatic heterocycles. The van der Waals surface area contributed by atoms with E-state index in [1.807, 2.05) is 0 Å². The summed E-state index contributed by atoms with van der Waals surface area (Å²) in [6, 6.07) is 7.79. The molecule has 2 aromatic carbocycles. The van der Waals surface area contributed by atoms with Crippen molar-refractivity contribution < 1.29 is 41.4 Å². The number of ketones is 1. The number of aliphatic carboxylic acids is 1. The summed E-state index contributed by atoms with van der Waals surface area (Å²) in [5, 5.41) is 15.4. The molecule has 4 rings (SSSR count). The lowest BCUT2D eigenvalue weighted by molar-refractivity contribution is -0.139. The summed E-state index contributed by atoms with van der Waals surface area (Å²) in [5.74, 6) is -5.62. The number of hydrogen-bond donors (Lipinski definition) is 4. The predicted molar refractivity (Wildman–Crippen MR) is 141 cm³/mol. The molecule has 4 aromatic rings. The number of esters is 1. The Morgan fingerprint density at radius 2 is 1.80 bits per heavy atom. The number of H-pyrrole nitrogens is 1. The summed E-state index contributed by atoms with van der Waals surface area (Å²) in [5.41, 5.74) is 4.85. The van der Waals surface area contributed by atoms with Gasteiger partial charge in [-0.05, 0) is 35.9 Å². The highest BCUT2D eigenvalue weighted by atomic mass is 35.5. The van der Waals surface area contributed by atoms with E-state index in [0.29, 0.717) is 17.4 Å². The van der Waals surface area contributed by atoms with Crippen molar-refractivity contribution in [2.45, 2.75) is 6.04 Å². The van der Waals surface area contributed by atoms with Gasteiger partial charge >= 0.3 is 11.9 Å². The van der Waals surface area contributed by atoms with Crippen molar-refractivity contribution in [2.24, 2.45) is 5.73 Å². The van der Waals surface area contributed by atoms with E-state index in [9.17, 15) is 31.6 Å². The first-order valence-electron chi connectivity index (χ1n) is 11.0. The molecule has 0 spiro atoms. The Kier molecular flexibility index (Phi) is 8.82. The number of carboxylic acids is 1. The summed E-state index contributed by atoms with van der Waals surface area (Å²) in [4.78, 5) is 40.2.